The topological polar surface area (TPSA) is 101 Å². The van der Waals surface area contributed by atoms with Gasteiger partial charge in [-0.3, -0.25) is 5.43 Å². The molecule has 1 aliphatic heterocycles. The van der Waals surface area contributed by atoms with Crippen molar-refractivity contribution in [3.8, 4) is 0 Å². The molecule has 4 N–H and O–H groups in total. The summed E-state index contributed by atoms with van der Waals surface area (Å²) in [4.78, 5) is 14.6. The number of hydrogen-bond acceptors (Lipinski definition) is 8. The standard InChI is InChI=1S/C12H23N7O/c1-12(2)7-8(5-6-20-12)14-9-15-10(18-13)17-11(16-9)19(3)4/h8H,5-7,13H2,1-4H3,(H2,14,15,16,17,18). The fraction of sp³-hybridized carbons (Fsp3) is 0.750. The van der Waals surface area contributed by atoms with E-state index in [2.05, 4.69) is 39.5 Å². The Labute approximate surface area is 119 Å². The maximum absolute atomic E-state index is 5.71. The first-order valence-electron chi connectivity index (χ1n) is 6.70. The van der Waals surface area contributed by atoms with Crippen LogP contribution in [0.3, 0.4) is 0 Å². The van der Waals surface area contributed by atoms with Crippen molar-refractivity contribution in [2.45, 2.75) is 38.3 Å². The number of anilines is 3. The Bertz CT molecular complexity index is 463. The molecule has 8 heteroatoms. The molecule has 0 aliphatic carbocycles. The Morgan fingerprint density at radius 1 is 1.25 bits per heavy atom. The summed E-state index contributed by atoms with van der Waals surface area (Å²) < 4.78 is 5.71. The molecule has 0 bridgehead atoms. The van der Waals surface area contributed by atoms with Gasteiger partial charge < -0.3 is 15.0 Å². The zero-order valence-electron chi connectivity index (χ0n) is 12.5. The van der Waals surface area contributed by atoms with E-state index in [1.54, 1.807) is 0 Å². The zero-order chi connectivity index (χ0) is 14.8. The number of ether oxygens (including phenoxy) is 1. The molecule has 1 atom stereocenters. The van der Waals surface area contributed by atoms with Crippen LogP contribution >= 0.6 is 0 Å². The van der Waals surface area contributed by atoms with Gasteiger partial charge in [0.15, 0.2) is 0 Å². The van der Waals surface area contributed by atoms with Crippen LogP contribution in [0, 0.1) is 0 Å². The number of rotatable bonds is 4. The van der Waals surface area contributed by atoms with Gasteiger partial charge in [-0.1, -0.05) is 0 Å². The predicted octanol–water partition coefficient (Wildman–Crippen LogP) is 0.593. The van der Waals surface area contributed by atoms with E-state index >= 15 is 0 Å². The predicted molar refractivity (Wildman–Crippen MR) is 78.6 cm³/mol. The molecule has 0 radical (unpaired) electrons. The van der Waals surface area contributed by atoms with Crippen LogP contribution in [-0.2, 0) is 4.74 Å². The molecule has 1 aliphatic rings. The molecule has 2 rings (SSSR count). The lowest BCUT2D eigenvalue weighted by atomic mass is 9.94. The van der Waals surface area contributed by atoms with Crippen LogP contribution in [0.1, 0.15) is 26.7 Å². The summed E-state index contributed by atoms with van der Waals surface area (Å²) in [6.45, 7) is 4.91. The second-order valence-electron chi connectivity index (χ2n) is 5.76. The minimum absolute atomic E-state index is 0.123. The first-order valence-corrected chi connectivity index (χ1v) is 6.70. The van der Waals surface area contributed by atoms with Crippen LogP contribution in [0.25, 0.3) is 0 Å². The van der Waals surface area contributed by atoms with Gasteiger partial charge in [-0.2, -0.15) is 15.0 Å². The van der Waals surface area contributed by atoms with E-state index in [1.165, 1.54) is 0 Å². The molecule has 0 amide bonds. The summed E-state index contributed by atoms with van der Waals surface area (Å²) in [6.07, 6.45) is 1.83. The Morgan fingerprint density at radius 2 is 1.95 bits per heavy atom. The quantitative estimate of drug-likeness (QED) is 0.544. The molecule has 0 saturated carbocycles. The van der Waals surface area contributed by atoms with Gasteiger partial charge in [0, 0.05) is 26.7 Å². The molecule has 20 heavy (non-hydrogen) atoms. The van der Waals surface area contributed by atoms with E-state index < -0.39 is 0 Å². The molecule has 8 nitrogen and oxygen atoms in total. The zero-order valence-corrected chi connectivity index (χ0v) is 12.5. The highest BCUT2D eigenvalue weighted by Gasteiger charge is 2.29. The number of nitrogen functional groups attached to an aromatic ring is 1. The number of nitrogens with one attached hydrogen (secondary N) is 2. The van der Waals surface area contributed by atoms with Crippen molar-refractivity contribution < 1.29 is 4.74 Å². The maximum atomic E-state index is 5.71. The highest BCUT2D eigenvalue weighted by molar-refractivity contribution is 5.42. The minimum atomic E-state index is -0.123. The summed E-state index contributed by atoms with van der Waals surface area (Å²) in [7, 11) is 3.74. The van der Waals surface area contributed by atoms with Crippen molar-refractivity contribution in [1.82, 2.24) is 15.0 Å². The van der Waals surface area contributed by atoms with Crippen molar-refractivity contribution in [3.63, 3.8) is 0 Å². The van der Waals surface area contributed by atoms with Gasteiger partial charge in [-0.15, -0.1) is 0 Å². The van der Waals surface area contributed by atoms with Crippen LogP contribution < -0.4 is 21.5 Å². The Balaban J connectivity index is 2.14. The smallest absolute Gasteiger partial charge is 0.243 e. The molecule has 1 unspecified atom stereocenters. The Hall–Kier alpha value is -1.67. The average molecular weight is 281 g/mol. The lowest BCUT2D eigenvalue weighted by Gasteiger charge is -2.35. The second-order valence-corrected chi connectivity index (χ2v) is 5.76. The molecule has 1 aromatic rings. The van der Waals surface area contributed by atoms with Gasteiger partial charge >= 0.3 is 0 Å². The Morgan fingerprint density at radius 3 is 2.55 bits per heavy atom. The third kappa shape index (κ3) is 3.67. The SMILES string of the molecule is CN(C)c1nc(NN)nc(NC2CCOC(C)(C)C2)n1. The molecule has 1 saturated heterocycles. The van der Waals surface area contributed by atoms with E-state index in [1.807, 2.05) is 19.0 Å². The first kappa shape index (κ1) is 14.7. The van der Waals surface area contributed by atoms with Crippen LogP contribution in [0.2, 0.25) is 0 Å². The molecular weight excluding hydrogens is 258 g/mol. The van der Waals surface area contributed by atoms with Gasteiger partial charge in [-0.25, -0.2) is 5.84 Å². The Kier molecular flexibility index (Phi) is 4.24. The van der Waals surface area contributed by atoms with E-state index in [9.17, 15) is 0 Å². The highest BCUT2D eigenvalue weighted by Crippen LogP contribution is 2.26. The van der Waals surface area contributed by atoms with Crippen molar-refractivity contribution in [2.24, 2.45) is 5.84 Å². The summed E-state index contributed by atoms with van der Waals surface area (Å²) in [5.41, 5.74) is 2.34. The largest absolute Gasteiger partial charge is 0.375 e. The van der Waals surface area contributed by atoms with Gasteiger partial charge in [-0.05, 0) is 26.7 Å². The fourth-order valence-corrected chi connectivity index (χ4v) is 2.23. The lowest BCUT2D eigenvalue weighted by Crippen LogP contribution is -2.40. The molecule has 2 heterocycles. The van der Waals surface area contributed by atoms with Crippen molar-refractivity contribution in [2.75, 3.05) is 36.3 Å². The van der Waals surface area contributed by atoms with E-state index in [-0.39, 0.29) is 11.6 Å². The summed E-state index contributed by atoms with van der Waals surface area (Å²) in [6, 6.07) is 0.279. The van der Waals surface area contributed by atoms with Gasteiger partial charge in [0.25, 0.3) is 0 Å². The number of aromatic nitrogens is 3. The third-order valence-corrected chi connectivity index (χ3v) is 3.18. The normalized spacial score (nSPS) is 21.4. The maximum Gasteiger partial charge on any atom is 0.243 e. The molecule has 112 valence electrons. The van der Waals surface area contributed by atoms with Gasteiger partial charge in [0.1, 0.15) is 0 Å². The summed E-state index contributed by atoms with van der Waals surface area (Å²) in [5, 5.41) is 3.34. The van der Waals surface area contributed by atoms with Crippen LogP contribution in [0.15, 0.2) is 0 Å². The van der Waals surface area contributed by atoms with E-state index in [0.717, 1.165) is 19.4 Å². The van der Waals surface area contributed by atoms with Crippen LogP contribution in [0.5, 0.6) is 0 Å². The number of nitrogens with two attached hydrogens (primary N) is 1. The van der Waals surface area contributed by atoms with Crippen molar-refractivity contribution >= 4 is 17.8 Å². The van der Waals surface area contributed by atoms with Crippen molar-refractivity contribution in [3.05, 3.63) is 0 Å². The van der Waals surface area contributed by atoms with Crippen LogP contribution in [-0.4, -0.2) is 47.3 Å². The van der Waals surface area contributed by atoms with Gasteiger partial charge in [0.2, 0.25) is 17.8 Å². The highest BCUT2D eigenvalue weighted by atomic mass is 16.5. The first-order chi connectivity index (χ1) is 9.39. The minimum Gasteiger partial charge on any atom is -0.375 e. The summed E-state index contributed by atoms with van der Waals surface area (Å²) >= 11 is 0. The monoisotopic (exact) mass is 281 g/mol. The van der Waals surface area contributed by atoms with Gasteiger partial charge in [0.05, 0.1) is 5.60 Å². The molecular formula is C12H23N7O. The number of hydrazine groups is 1. The second kappa shape index (κ2) is 5.76. The fourth-order valence-electron chi connectivity index (χ4n) is 2.23. The van der Waals surface area contributed by atoms with Crippen LogP contribution in [0.4, 0.5) is 17.8 Å². The average Bonchev–Trinajstić information content (AvgIpc) is 2.37. The molecule has 0 aromatic carbocycles. The number of hydrogen-bond donors (Lipinski definition) is 3. The molecule has 1 aromatic heterocycles. The number of nitrogens with zero attached hydrogens (tertiary/aromatic N) is 4. The van der Waals surface area contributed by atoms with Crippen molar-refractivity contribution in [1.29, 1.82) is 0 Å². The third-order valence-electron chi connectivity index (χ3n) is 3.18. The molecule has 0 spiro atoms. The summed E-state index contributed by atoms with van der Waals surface area (Å²) in [5.74, 6) is 6.82. The molecule has 1 fully saturated rings. The van der Waals surface area contributed by atoms with E-state index in [0.29, 0.717) is 17.8 Å². The lowest BCUT2D eigenvalue weighted by molar-refractivity contribution is -0.0553. The van der Waals surface area contributed by atoms with E-state index in [4.69, 9.17) is 10.6 Å².